The fraction of sp³-hybridized carbons (Fsp3) is 0.667. The predicted molar refractivity (Wildman–Crippen MR) is 90.5 cm³/mol. The monoisotopic (exact) mass is 289 g/mol. The molecular weight excluding hydrogens is 258 g/mol. The van der Waals surface area contributed by atoms with Gasteiger partial charge < -0.3 is 10.6 Å². The second-order valence-electron chi connectivity index (χ2n) is 6.55. The third-order valence-corrected chi connectivity index (χ3v) is 4.90. The molecule has 1 aromatic carbocycles. The molecule has 0 aliphatic carbocycles. The van der Waals surface area contributed by atoms with E-state index < -0.39 is 0 Å². The lowest BCUT2D eigenvalue weighted by molar-refractivity contribution is 0.0896. The first kappa shape index (κ1) is 16.5. The zero-order valence-electron chi connectivity index (χ0n) is 14.0. The summed E-state index contributed by atoms with van der Waals surface area (Å²) >= 11 is 0. The van der Waals surface area contributed by atoms with E-state index in [0.717, 1.165) is 0 Å². The standard InChI is InChI=1S/C18H31N3/c1-5-21-11-9-17(10-12-21)20(4)18(15(3)19)16-8-6-7-14(2)13-16/h6-8,13,15,17-18H,5,9-12,19H2,1-4H3. The van der Waals surface area contributed by atoms with E-state index in [1.165, 1.54) is 43.6 Å². The maximum absolute atomic E-state index is 6.33. The Balaban J connectivity index is 2.11. The van der Waals surface area contributed by atoms with Gasteiger partial charge in [-0.05, 0) is 58.9 Å². The van der Waals surface area contributed by atoms with Crippen molar-refractivity contribution in [3.8, 4) is 0 Å². The Morgan fingerprint density at radius 1 is 1.33 bits per heavy atom. The number of piperidine rings is 1. The van der Waals surface area contributed by atoms with Gasteiger partial charge in [0.1, 0.15) is 0 Å². The molecule has 3 heteroatoms. The van der Waals surface area contributed by atoms with Crippen LogP contribution in [0.1, 0.15) is 43.9 Å². The minimum absolute atomic E-state index is 0.140. The van der Waals surface area contributed by atoms with E-state index in [0.29, 0.717) is 12.1 Å². The molecule has 118 valence electrons. The fourth-order valence-electron chi connectivity index (χ4n) is 3.63. The highest BCUT2D eigenvalue weighted by Crippen LogP contribution is 2.28. The summed E-state index contributed by atoms with van der Waals surface area (Å²) in [5.74, 6) is 0. The number of likely N-dealkylation sites (N-methyl/N-ethyl adjacent to an activating group) is 1. The molecular formula is C18H31N3. The molecule has 2 N–H and O–H groups in total. The number of benzene rings is 1. The van der Waals surface area contributed by atoms with Crippen LogP contribution >= 0.6 is 0 Å². The molecule has 2 unspecified atom stereocenters. The van der Waals surface area contributed by atoms with E-state index in [-0.39, 0.29) is 6.04 Å². The maximum atomic E-state index is 6.33. The van der Waals surface area contributed by atoms with Crippen LogP contribution in [0.5, 0.6) is 0 Å². The normalized spacial score (nSPS) is 20.7. The van der Waals surface area contributed by atoms with Crippen LogP contribution < -0.4 is 5.73 Å². The average molecular weight is 289 g/mol. The molecule has 3 nitrogen and oxygen atoms in total. The average Bonchev–Trinajstić information content (AvgIpc) is 2.47. The Morgan fingerprint density at radius 3 is 2.52 bits per heavy atom. The molecule has 1 fully saturated rings. The highest BCUT2D eigenvalue weighted by molar-refractivity contribution is 5.26. The van der Waals surface area contributed by atoms with Gasteiger partial charge in [0, 0.05) is 18.1 Å². The van der Waals surface area contributed by atoms with Crippen molar-refractivity contribution in [1.82, 2.24) is 9.80 Å². The number of hydrogen-bond acceptors (Lipinski definition) is 3. The van der Waals surface area contributed by atoms with Crippen LogP contribution in [0.3, 0.4) is 0 Å². The summed E-state index contributed by atoms with van der Waals surface area (Å²) in [7, 11) is 2.25. The van der Waals surface area contributed by atoms with Crippen molar-refractivity contribution in [2.75, 3.05) is 26.7 Å². The number of likely N-dealkylation sites (tertiary alicyclic amines) is 1. The lowest BCUT2D eigenvalue weighted by Gasteiger charge is -2.41. The number of nitrogens with zero attached hydrogens (tertiary/aromatic N) is 2. The fourth-order valence-corrected chi connectivity index (χ4v) is 3.63. The van der Waals surface area contributed by atoms with Crippen LogP contribution in [0.15, 0.2) is 24.3 Å². The highest BCUT2D eigenvalue weighted by Gasteiger charge is 2.29. The van der Waals surface area contributed by atoms with Crippen molar-refractivity contribution in [2.24, 2.45) is 5.73 Å². The Hall–Kier alpha value is -0.900. The van der Waals surface area contributed by atoms with Gasteiger partial charge in [-0.3, -0.25) is 4.90 Å². The molecule has 1 aliphatic rings. The van der Waals surface area contributed by atoms with Crippen LogP contribution in [0.2, 0.25) is 0 Å². The molecule has 1 heterocycles. The largest absolute Gasteiger partial charge is 0.326 e. The summed E-state index contributed by atoms with van der Waals surface area (Å²) in [6.45, 7) is 10.1. The zero-order chi connectivity index (χ0) is 15.4. The molecule has 1 saturated heterocycles. The number of aryl methyl sites for hydroxylation is 1. The maximum Gasteiger partial charge on any atom is 0.0496 e. The Labute approximate surface area is 130 Å². The lowest BCUT2D eigenvalue weighted by Crippen LogP contribution is -2.48. The summed E-state index contributed by atoms with van der Waals surface area (Å²) in [5.41, 5.74) is 8.99. The van der Waals surface area contributed by atoms with Gasteiger partial charge in [-0.1, -0.05) is 36.8 Å². The Kier molecular flexibility index (Phi) is 5.80. The molecule has 0 amide bonds. The van der Waals surface area contributed by atoms with Gasteiger partial charge in [-0.25, -0.2) is 0 Å². The van der Waals surface area contributed by atoms with Crippen molar-refractivity contribution in [3.63, 3.8) is 0 Å². The van der Waals surface area contributed by atoms with Crippen LogP contribution in [-0.2, 0) is 0 Å². The highest BCUT2D eigenvalue weighted by atomic mass is 15.2. The number of hydrogen-bond donors (Lipinski definition) is 1. The first-order valence-corrected chi connectivity index (χ1v) is 8.29. The van der Waals surface area contributed by atoms with E-state index in [1.54, 1.807) is 0 Å². The molecule has 0 spiro atoms. The number of nitrogens with two attached hydrogens (primary N) is 1. The van der Waals surface area contributed by atoms with E-state index >= 15 is 0 Å². The quantitative estimate of drug-likeness (QED) is 0.904. The van der Waals surface area contributed by atoms with E-state index in [1.807, 2.05) is 0 Å². The minimum Gasteiger partial charge on any atom is -0.326 e. The van der Waals surface area contributed by atoms with Crippen molar-refractivity contribution < 1.29 is 0 Å². The van der Waals surface area contributed by atoms with Crippen LogP contribution in [-0.4, -0.2) is 48.6 Å². The summed E-state index contributed by atoms with van der Waals surface area (Å²) < 4.78 is 0. The second kappa shape index (κ2) is 7.39. The Morgan fingerprint density at radius 2 is 2.00 bits per heavy atom. The SMILES string of the molecule is CCN1CCC(N(C)C(c2cccc(C)c2)C(C)N)CC1. The second-order valence-corrected chi connectivity index (χ2v) is 6.55. The van der Waals surface area contributed by atoms with Gasteiger partial charge in [0.2, 0.25) is 0 Å². The third-order valence-electron chi connectivity index (χ3n) is 4.90. The van der Waals surface area contributed by atoms with Crippen molar-refractivity contribution >= 4 is 0 Å². The van der Waals surface area contributed by atoms with E-state index in [2.05, 4.69) is 61.9 Å². The molecule has 1 aromatic rings. The summed E-state index contributed by atoms with van der Waals surface area (Å²) in [6, 6.07) is 9.90. The van der Waals surface area contributed by atoms with E-state index in [4.69, 9.17) is 5.73 Å². The molecule has 0 saturated carbocycles. The molecule has 1 aliphatic heterocycles. The zero-order valence-corrected chi connectivity index (χ0v) is 14.0. The molecule has 2 rings (SSSR count). The number of rotatable bonds is 5. The van der Waals surface area contributed by atoms with Gasteiger partial charge in [0.05, 0.1) is 0 Å². The molecule has 0 aromatic heterocycles. The summed E-state index contributed by atoms with van der Waals surface area (Å²) in [5, 5.41) is 0. The van der Waals surface area contributed by atoms with Crippen LogP contribution in [0.25, 0.3) is 0 Å². The van der Waals surface area contributed by atoms with E-state index in [9.17, 15) is 0 Å². The summed E-state index contributed by atoms with van der Waals surface area (Å²) in [4.78, 5) is 5.06. The first-order valence-electron chi connectivity index (χ1n) is 8.29. The molecule has 0 bridgehead atoms. The lowest BCUT2D eigenvalue weighted by atomic mass is 9.94. The topological polar surface area (TPSA) is 32.5 Å². The smallest absolute Gasteiger partial charge is 0.0496 e. The molecule has 21 heavy (non-hydrogen) atoms. The third kappa shape index (κ3) is 4.06. The van der Waals surface area contributed by atoms with Crippen molar-refractivity contribution in [2.45, 2.75) is 51.7 Å². The van der Waals surface area contributed by atoms with Gasteiger partial charge in [-0.2, -0.15) is 0 Å². The van der Waals surface area contributed by atoms with Gasteiger partial charge in [0.15, 0.2) is 0 Å². The van der Waals surface area contributed by atoms with Gasteiger partial charge >= 0.3 is 0 Å². The predicted octanol–water partition coefficient (Wildman–Crippen LogP) is 2.80. The molecule has 2 atom stereocenters. The minimum atomic E-state index is 0.140. The first-order chi connectivity index (χ1) is 10.0. The van der Waals surface area contributed by atoms with Gasteiger partial charge in [0.25, 0.3) is 0 Å². The Bertz CT molecular complexity index is 436. The van der Waals surface area contributed by atoms with Crippen molar-refractivity contribution in [3.05, 3.63) is 35.4 Å². The van der Waals surface area contributed by atoms with Crippen LogP contribution in [0, 0.1) is 6.92 Å². The van der Waals surface area contributed by atoms with Crippen molar-refractivity contribution in [1.29, 1.82) is 0 Å². The van der Waals surface area contributed by atoms with Crippen LogP contribution in [0.4, 0.5) is 0 Å². The van der Waals surface area contributed by atoms with Gasteiger partial charge in [-0.15, -0.1) is 0 Å². The molecule has 0 radical (unpaired) electrons. The summed E-state index contributed by atoms with van der Waals surface area (Å²) in [6.07, 6.45) is 2.50.